The Hall–Kier alpha value is -3.13. The summed E-state index contributed by atoms with van der Waals surface area (Å²) >= 11 is 8.81. The number of amides is 1. The Bertz CT molecular complexity index is 1250. The Kier molecular flexibility index (Phi) is 8.36. The van der Waals surface area contributed by atoms with Gasteiger partial charge in [-0.2, -0.15) is 5.10 Å². The first-order valence-electron chi connectivity index (χ1n) is 10.5. The van der Waals surface area contributed by atoms with Gasteiger partial charge >= 0.3 is 0 Å². The van der Waals surface area contributed by atoms with E-state index in [-0.39, 0.29) is 11.7 Å². The van der Waals surface area contributed by atoms with Crippen LogP contribution in [0.4, 0.5) is 0 Å². The Balaban J connectivity index is 1.20. The van der Waals surface area contributed by atoms with Gasteiger partial charge in [0.25, 0.3) is 5.91 Å². The number of thioether (sulfide) groups is 1. The summed E-state index contributed by atoms with van der Waals surface area (Å²) in [6, 6.07) is 23.3. The number of nitrogens with zero attached hydrogens (tertiary/aromatic N) is 2. The van der Waals surface area contributed by atoms with Gasteiger partial charge in [0.1, 0.15) is 12.4 Å². The summed E-state index contributed by atoms with van der Waals surface area (Å²) in [4.78, 5) is 16.7. The second kappa shape index (κ2) is 11.8. The summed E-state index contributed by atoms with van der Waals surface area (Å²) in [5.74, 6) is 0.818. The van der Waals surface area contributed by atoms with Crippen LogP contribution in [0.5, 0.6) is 5.75 Å². The highest BCUT2D eigenvalue weighted by Crippen LogP contribution is 2.28. The number of hydrazone groups is 1. The molecule has 1 aromatic heterocycles. The van der Waals surface area contributed by atoms with E-state index in [4.69, 9.17) is 16.3 Å². The van der Waals surface area contributed by atoms with Gasteiger partial charge in [0.2, 0.25) is 0 Å². The van der Waals surface area contributed by atoms with E-state index in [9.17, 15) is 4.79 Å². The van der Waals surface area contributed by atoms with Crippen molar-refractivity contribution in [2.24, 2.45) is 5.10 Å². The largest absolute Gasteiger partial charge is 0.489 e. The van der Waals surface area contributed by atoms with Crippen LogP contribution in [0.15, 0.2) is 87.6 Å². The number of ether oxygens (including phenoxy) is 1. The zero-order valence-electron chi connectivity index (χ0n) is 18.4. The third-order valence-corrected chi connectivity index (χ3v) is 7.03. The van der Waals surface area contributed by atoms with E-state index in [0.29, 0.717) is 11.6 Å². The number of thiazole rings is 1. The molecule has 8 heteroatoms. The van der Waals surface area contributed by atoms with Crippen LogP contribution in [0, 0.1) is 6.92 Å². The van der Waals surface area contributed by atoms with Crippen LogP contribution in [0.25, 0.3) is 11.3 Å². The van der Waals surface area contributed by atoms with E-state index in [2.05, 4.69) is 46.7 Å². The number of benzene rings is 3. The monoisotopic (exact) mass is 507 g/mol. The lowest BCUT2D eigenvalue weighted by Crippen LogP contribution is -2.19. The number of aryl methyl sites for hydroxylation is 1. The van der Waals surface area contributed by atoms with Gasteiger partial charge in [-0.1, -0.05) is 65.3 Å². The number of hydrogen-bond acceptors (Lipinski definition) is 6. The van der Waals surface area contributed by atoms with Gasteiger partial charge in [0, 0.05) is 16.0 Å². The summed E-state index contributed by atoms with van der Waals surface area (Å²) in [5, 5.41) is 6.69. The molecule has 0 aliphatic carbocycles. The Morgan fingerprint density at radius 3 is 2.56 bits per heavy atom. The number of rotatable bonds is 9. The average molecular weight is 508 g/mol. The van der Waals surface area contributed by atoms with Crippen molar-refractivity contribution in [3.8, 4) is 17.0 Å². The minimum atomic E-state index is -0.192. The zero-order chi connectivity index (χ0) is 23.8. The maximum atomic E-state index is 12.1. The van der Waals surface area contributed by atoms with Crippen LogP contribution in [0.2, 0.25) is 5.02 Å². The van der Waals surface area contributed by atoms with Crippen LogP contribution in [-0.4, -0.2) is 22.9 Å². The number of nitrogens with one attached hydrogen (secondary N) is 1. The molecular formula is C26H22ClN3O2S2. The lowest BCUT2D eigenvalue weighted by Gasteiger charge is -2.06. The molecule has 0 radical (unpaired) electrons. The number of aromatic nitrogens is 1. The van der Waals surface area contributed by atoms with E-state index in [1.165, 1.54) is 28.7 Å². The van der Waals surface area contributed by atoms with Crippen molar-refractivity contribution in [1.82, 2.24) is 10.4 Å². The van der Waals surface area contributed by atoms with Gasteiger partial charge in [0.05, 0.1) is 17.7 Å². The fourth-order valence-electron chi connectivity index (χ4n) is 2.92. The SMILES string of the molecule is Cc1ccc(COc2ccc(/C=N/NC(=O)CSc3nc(-c4ccc(Cl)cc4)cs3)cc2)cc1. The normalized spacial score (nSPS) is 11.0. The number of carbonyl (C=O) groups is 1. The van der Waals surface area contributed by atoms with Crippen LogP contribution in [0.3, 0.4) is 0 Å². The van der Waals surface area contributed by atoms with Crippen LogP contribution < -0.4 is 10.2 Å². The van der Waals surface area contributed by atoms with E-state index >= 15 is 0 Å². The fraction of sp³-hybridized carbons (Fsp3) is 0.115. The molecular weight excluding hydrogens is 486 g/mol. The van der Waals surface area contributed by atoms with Crippen molar-refractivity contribution in [1.29, 1.82) is 0 Å². The topological polar surface area (TPSA) is 63.6 Å². The van der Waals surface area contributed by atoms with Crippen LogP contribution >= 0.6 is 34.7 Å². The molecule has 0 aliphatic heterocycles. The molecule has 4 aromatic rings. The molecule has 1 amide bonds. The molecule has 1 heterocycles. The van der Waals surface area contributed by atoms with E-state index in [1.807, 2.05) is 53.9 Å². The van der Waals surface area contributed by atoms with Crippen molar-refractivity contribution in [3.05, 3.63) is 99.9 Å². The van der Waals surface area contributed by atoms with Crippen molar-refractivity contribution >= 4 is 46.8 Å². The Morgan fingerprint density at radius 1 is 1.09 bits per heavy atom. The van der Waals surface area contributed by atoms with Crippen LogP contribution in [0.1, 0.15) is 16.7 Å². The summed E-state index contributed by atoms with van der Waals surface area (Å²) in [6.07, 6.45) is 1.61. The Morgan fingerprint density at radius 2 is 1.82 bits per heavy atom. The zero-order valence-corrected chi connectivity index (χ0v) is 20.8. The first-order valence-corrected chi connectivity index (χ1v) is 12.7. The quantitative estimate of drug-likeness (QED) is 0.157. The molecule has 3 aromatic carbocycles. The van der Waals surface area contributed by atoms with Gasteiger partial charge in [-0.3, -0.25) is 4.79 Å². The van der Waals surface area contributed by atoms with Gasteiger partial charge in [0.15, 0.2) is 4.34 Å². The van der Waals surface area contributed by atoms with E-state index in [1.54, 1.807) is 6.21 Å². The molecule has 0 fully saturated rings. The minimum absolute atomic E-state index is 0.192. The van der Waals surface area contributed by atoms with Gasteiger partial charge in [-0.25, -0.2) is 10.4 Å². The van der Waals surface area contributed by atoms with Crippen molar-refractivity contribution < 1.29 is 9.53 Å². The molecule has 172 valence electrons. The molecule has 0 spiro atoms. The average Bonchev–Trinajstić information content (AvgIpc) is 3.33. The smallest absolute Gasteiger partial charge is 0.250 e. The molecule has 0 saturated carbocycles. The maximum Gasteiger partial charge on any atom is 0.250 e. The number of halogens is 1. The molecule has 34 heavy (non-hydrogen) atoms. The molecule has 0 aliphatic rings. The van der Waals surface area contributed by atoms with Gasteiger partial charge < -0.3 is 4.74 Å². The lowest BCUT2D eigenvalue weighted by atomic mass is 10.2. The highest BCUT2D eigenvalue weighted by Gasteiger charge is 2.08. The third-order valence-electron chi connectivity index (χ3n) is 4.76. The number of hydrogen-bond donors (Lipinski definition) is 1. The predicted molar refractivity (Wildman–Crippen MR) is 141 cm³/mol. The maximum absolute atomic E-state index is 12.1. The molecule has 4 rings (SSSR count). The van der Waals surface area contributed by atoms with Gasteiger partial charge in [-0.05, 0) is 54.4 Å². The lowest BCUT2D eigenvalue weighted by molar-refractivity contribution is -0.118. The Labute approximate surface area is 211 Å². The highest BCUT2D eigenvalue weighted by atomic mass is 35.5. The van der Waals surface area contributed by atoms with Crippen molar-refractivity contribution in [2.45, 2.75) is 17.9 Å². The minimum Gasteiger partial charge on any atom is -0.489 e. The fourth-order valence-corrected chi connectivity index (χ4v) is 4.67. The molecule has 5 nitrogen and oxygen atoms in total. The first-order chi connectivity index (χ1) is 16.5. The standard InChI is InChI=1S/C26H22ClN3O2S2/c1-18-2-4-20(5-3-18)15-32-23-12-6-19(7-13-23)14-28-30-25(31)17-34-26-29-24(16-33-26)21-8-10-22(27)11-9-21/h2-14,16H,15,17H2,1H3,(H,30,31)/b28-14+. The molecule has 0 atom stereocenters. The van der Waals surface area contributed by atoms with Crippen LogP contribution in [-0.2, 0) is 11.4 Å². The number of carbonyl (C=O) groups excluding carboxylic acids is 1. The first kappa shape index (κ1) is 24.0. The molecule has 0 saturated heterocycles. The third kappa shape index (κ3) is 7.18. The summed E-state index contributed by atoms with van der Waals surface area (Å²) in [6.45, 7) is 2.58. The summed E-state index contributed by atoms with van der Waals surface area (Å²) in [5.41, 5.74) is 7.63. The van der Waals surface area contributed by atoms with Crippen molar-refractivity contribution in [2.75, 3.05) is 5.75 Å². The highest BCUT2D eigenvalue weighted by molar-refractivity contribution is 8.01. The van der Waals surface area contributed by atoms with Crippen molar-refractivity contribution in [3.63, 3.8) is 0 Å². The molecule has 0 unspecified atom stereocenters. The summed E-state index contributed by atoms with van der Waals surface area (Å²) < 4.78 is 6.64. The summed E-state index contributed by atoms with van der Waals surface area (Å²) in [7, 11) is 0. The van der Waals surface area contributed by atoms with E-state index < -0.39 is 0 Å². The second-order valence-electron chi connectivity index (χ2n) is 7.43. The molecule has 0 bridgehead atoms. The predicted octanol–water partition coefficient (Wildman–Crippen LogP) is 6.59. The van der Waals surface area contributed by atoms with Gasteiger partial charge in [-0.15, -0.1) is 11.3 Å². The molecule has 1 N–H and O–H groups in total. The van der Waals surface area contributed by atoms with E-state index in [0.717, 1.165) is 32.5 Å². The second-order valence-corrected chi connectivity index (χ2v) is 9.95.